The third-order valence-electron chi connectivity index (χ3n) is 4.13. The molecule has 2 rings (SSSR count). The molecule has 0 aromatic heterocycles. The van der Waals surface area contributed by atoms with Gasteiger partial charge in [0.25, 0.3) is 0 Å². The van der Waals surface area contributed by atoms with Gasteiger partial charge in [-0.15, -0.1) is 0 Å². The fourth-order valence-corrected chi connectivity index (χ4v) is 3.53. The van der Waals surface area contributed by atoms with Gasteiger partial charge in [0.1, 0.15) is 0 Å². The highest BCUT2D eigenvalue weighted by molar-refractivity contribution is 7.99. The Balaban J connectivity index is 1.89. The fourth-order valence-electron chi connectivity index (χ4n) is 2.88. The van der Waals surface area contributed by atoms with Crippen molar-refractivity contribution in [1.82, 2.24) is 10.2 Å². The average molecular weight is 292 g/mol. The molecule has 0 bridgehead atoms. The van der Waals surface area contributed by atoms with E-state index < -0.39 is 0 Å². The van der Waals surface area contributed by atoms with E-state index >= 15 is 0 Å². The Labute approximate surface area is 128 Å². The minimum Gasteiger partial charge on any atom is -0.312 e. The van der Waals surface area contributed by atoms with Gasteiger partial charge in [-0.05, 0) is 37.6 Å². The minimum atomic E-state index is 0.592. The summed E-state index contributed by atoms with van der Waals surface area (Å²) in [6.07, 6.45) is 2.41. The number of nitrogens with one attached hydrogen (secondary N) is 1. The van der Waals surface area contributed by atoms with E-state index in [0.717, 1.165) is 13.0 Å². The summed E-state index contributed by atoms with van der Waals surface area (Å²) in [5.74, 6) is 2.49. The van der Waals surface area contributed by atoms with E-state index in [2.05, 4.69) is 66.2 Å². The predicted octanol–water partition coefficient (Wildman–Crippen LogP) is 3.03. The molecule has 1 fully saturated rings. The molecule has 3 heteroatoms. The number of rotatable bonds is 6. The zero-order valence-electron chi connectivity index (χ0n) is 12.8. The van der Waals surface area contributed by atoms with Gasteiger partial charge in [-0.1, -0.05) is 37.3 Å². The first-order chi connectivity index (χ1) is 9.79. The lowest BCUT2D eigenvalue weighted by Crippen LogP contribution is -2.42. The third kappa shape index (κ3) is 5.12. The molecular formula is C17H28N2S. The first kappa shape index (κ1) is 15.9. The average Bonchev–Trinajstić information content (AvgIpc) is 2.63. The van der Waals surface area contributed by atoms with Gasteiger partial charge >= 0.3 is 0 Å². The van der Waals surface area contributed by atoms with Crippen LogP contribution in [0.15, 0.2) is 30.3 Å². The second kappa shape index (κ2) is 8.71. The number of thioether (sulfide) groups is 1. The van der Waals surface area contributed by atoms with Crippen molar-refractivity contribution in [1.29, 1.82) is 0 Å². The largest absolute Gasteiger partial charge is 0.312 e. The summed E-state index contributed by atoms with van der Waals surface area (Å²) in [5, 5.41) is 3.73. The SMILES string of the molecule is CCSCCN1CC(Cc2ccccc2)NCCC1C. The molecule has 1 heterocycles. The van der Waals surface area contributed by atoms with Gasteiger partial charge in [0.2, 0.25) is 0 Å². The second-order valence-corrected chi connectivity index (χ2v) is 7.06. The van der Waals surface area contributed by atoms with Crippen molar-refractivity contribution >= 4 is 11.8 Å². The molecule has 1 saturated heterocycles. The third-order valence-corrected chi connectivity index (χ3v) is 5.00. The first-order valence-electron chi connectivity index (χ1n) is 7.88. The lowest BCUT2D eigenvalue weighted by molar-refractivity contribution is 0.217. The molecule has 2 atom stereocenters. The van der Waals surface area contributed by atoms with Crippen molar-refractivity contribution in [2.75, 3.05) is 31.1 Å². The highest BCUT2D eigenvalue weighted by Gasteiger charge is 2.22. The lowest BCUT2D eigenvalue weighted by Gasteiger charge is -2.29. The van der Waals surface area contributed by atoms with E-state index in [9.17, 15) is 0 Å². The van der Waals surface area contributed by atoms with Gasteiger partial charge in [0, 0.05) is 30.9 Å². The van der Waals surface area contributed by atoms with Crippen LogP contribution < -0.4 is 5.32 Å². The normalized spacial score (nSPS) is 24.5. The van der Waals surface area contributed by atoms with E-state index in [1.54, 1.807) is 0 Å². The van der Waals surface area contributed by atoms with Crippen molar-refractivity contribution in [2.24, 2.45) is 0 Å². The van der Waals surface area contributed by atoms with Crippen molar-refractivity contribution in [3.05, 3.63) is 35.9 Å². The predicted molar refractivity (Wildman–Crippen MR) is 90.6 cm³/mol. The van der Waals surface area contributed by atoms with Crippen LogP contribution in [0.4, 0.5) is 0 Å². The van der Waals surface area contributed by atoms with Crippen molar-refractivity contribution in [3.8, 4) is 0 Å². The number of benzene rings is 1. The maximum Gasteiger partial charge on any atom is 0.0235 e. The van der Waals surface area contributed by atoms with Gasteiger partial charge in [0.15, 0.2) is 0 Å². The molecule has 0 saturated carbocycles. The van der Waals surface area contributed by atoms with Crippen molar-refractivity contribution in [2.45, 2.75) is 38.8 Å². The Morgan fingerprint density at radius 1 is 1.30 bits per heavy atom. The van der Waals surface area contributed by atoms with E-state index in [1.807, 2.05) is 0 Å². The summed E-state index contributed by atoms with van der Waals surface area (Å²) >= 11 is 2.05. The molecule has 20 heavy (non-hydrogen) atoms. The zero-order chi connectivity index (χ0) is 14.2. The Morgan fingerprint density at radius 3 is 2.85 bits per heavy atom. The maximum absolute atomic E-state index is 3.73. The summed E-state index contributed by atoms with van der Waals surface area (Å²) in [5.41, 5.74) is 1.45. The zero-order valence-corrected chi connectivity index (χ0v) is 13.7. The van der Waals surface area contributed by atoms with Crippen LogP contribution >= 0.6 is 11.8 Å². The Hall–Kier alpha value is -0.510. The Morgan fingerprint density at radius 2 is 2.10 bits per heavy atom. The molecule has 0 amide bonds. The molecule has 2 nitrogen and oxygen atoms in total. The van der Waals surface area contributed by atoms with Crippen LogP contribution in [0.3, 0.4) is 0 Å². The van der Waals surface area contributed by atoms with Crippen LogP contribution in [0, 0.1) is 0 Å². The van der Waals surface area contributed by atoms with E-state index in [1.165, 1.54) is 36.6 Å². The Bertz CT molecular complexity index is 369. The summed E-state index contributed by atoms with van der Waals surface area (Å²) < 4.78 is 0. The molecule has 1 aromatic rings. The van der Waals surface area contributed by atoms with Gasteiger partial charge < -0.3 is 5.32 Å². The highest BCUT2D eigenvalue weighted by atomic mass is 32.2. The molecule has 0 radical (unpaired) electrons. The molecule has 112 valence electrons. The number of hydrogen-bond acceptors (Lipinski definition) is 3. The van der Waals surface area contributed by atoms with Crippen LogP contribution in [0.2, 0.25) is 0 Å². The number of nitrogens with zero attached hydrogens (tertiary/aromatic N) is 1. The quantitative estimate of drug-likeness (QED) is 0.811. The van der Waals surface area contributed by atoms with Crippen LogP contribution in [-0.4, -0.2) is 48.1 Å². The highest BCUT2D eigenvalue weighted by Crippen LogP contribution is 2.13. The van der Waals surface area contributed by atoms with Gasteiger partial charge in [-0.3, -0.25) is 4.90 Å². The van der Waals surface area contributed by atoms with Gasteiger partial charge in [-0.25, -0.2) is 0 Å². The summed E-state index contributed by atoms with van der Waals surface area (Å²) in [6.45, 7) is 8.18. The summed E-state index contributed by atoms with van der Waals surface area (Å²) in [4.78, 5) is 2.68. The molecule has 0 aliphatic carbocycles. The maximum atomic E-state index is 3.73. The van der Waals surface area contributed by atoms with E-state index in [0.29, 0.717) is 12.1 Å². The topological polar surface area (TPSA) is 15.3 Å². The Kier molecular flexibility index (Phi) is 6.91. The van der Waals surface area contributed by atoms with E-state index in [-0.39, 0.29) is 0 Å². The van der Waals surface area contributed by atoms with Crippen LogP contribution in [-0.2, 0) is 6.42 Å². The smallest absolute Gasteiger partial charge is 0.0235 e. The minimum absolute atomic E-state index is 0.592. The summed E-state index contributed by atoms with van der Waals surface area (Å²) in [7, 11) is 0. The monoisotopic (exact) mass is 292 g/mol. The summed E-state index contributed by atoms with van der Waals surface area (Å²) in [6, 6.07) is 12.2. The molecule has 1 aliphatic rings. The fraction of sp³-hybridized carbons (Fsp3) is 0.647. The van der Waals surface area contributed by atoms with Gasteiger partial charge in [-0.2, -0.15) is 11.8 Å². The van der Waals surface area contributed by atoms with Crippen LogP contribution in [0.25, 0.3) is 0 Å². The molecule has 1 aromatic carbocycles. The molecule has 2 unspecified atom stereocenters. The molecule has 1 N–H and O–H groups in total. The van der Waals surface area contributed by atoms with Crippen molar-refractivity contribution in [3.63, 3.8) is 0 Å². The van der Waals surface area contributed by atoms with Gasteiger partial charge in [0.05, 0.1) is 0 Å². The molecule has 1 aliphatic heterocycles. The number of hydrogen-bond donors (Lipinski definition) is 1. The second-order valence-electron chi connectivity index (χ2n) is 5.67. The van der Waals surface area contributed by atoms with Crippen LogP contribution in [0.5, 0.6) is 0 Å². The molecule has 0 spiro atoms. The van der Waals surface area contributed by atoms with E-state index in [4.69, 9.17) is 0 Å². The van der Waals surface area contributed by atoms with Crippen molar-refractivity contribution < 1.29 is 0 Å². The first-order valence-corrected chi connectivity index (χ1v) is 9.04. The lowest BCUT2D eigenvalue weighted by atomic mass is 10.1. The standard InChI is InChI=1S/C17H28N2S/c1-3-20-12-11-19-14-17(18-10-9-15(19)2)13-16-7-5-4-6-8-16/h4-8,15,17-18H,3,9-14H2,1-2H3. The van der Waals surface area contributed by atoms with Crippen LogP contribution in [0.1, 0.15) is 25.8 Å². The molecular weight excluding hydrogens is 264 g/mol.